The monoisotopic (exact) mass is 488 g/mol. The van der Waals surface area contributed by atoms with Gasteiger partial charge in [-0.25, -0.2) is 0 Å². The van der Waals surface area contributed by atoms with Crippen LogP contribution in [0, 0.1) is 0 Å². The van der Waals surface area contributed by atoms with Crippen molar-refractivity contribution in [2.45, 2.75) is 76.0 Å². The molecule has 0 saturated carbocycles. The zero-order valence-corrected chi connectivity index (χ0v) is 22.6. The van der Waals surface area contributed by atoms with Crippen LogP contribution in [0.2, 0.25) is 0 Å². The summed E-state index contributed by atoms with van der Waals surface area (Å²) in [6, 6.07) is 8.92. The molecule has 7 heteroatoms. The first-order valence-corrected chi connectivity index (χ1v) is 15.7. The van der Waals surface area contributed by atoms with Crippen molar-refractivity contribution in [3.63, 3.8) is 0 Å². The average molecular weight is 489 g/mol. The number of thiophene rings is 2. The first-order valence-electron chi connectivity index (χ1n) is 10.4. The van der Waals surface area contributed by atoms with Gasteiger partial charge in [0.1, 0.15) is 0 Å². The molecule has 29 heavy (non-hydrogen) atoms. The van der Waals surface area contributed by atoms with E-state index in [1.807, 2.05) is 54.1 Å². The van der Waals surface area contributed by atoms with Gasteiger partial charge in [0.05, 0.1) is 10.5 Å². The van der Waals surface area contributed by atoms with Crippen LogP contribution in [0.25, 0.3) is 0 Å². The molecule has 2 heterocycles. The Balaban J connectivity index is 2.10. The molecular weight excluding hydrogens is 453 g/mol. The van der Waals surface area contributed by atoms with Crippen LogP contribution in [0.4, 0.5) is 0 Å². The highest BCUT2D eigenvalue weighted by Gasteiger charge is 2.35. The highest BCUT2D eigenvalue weighted by atomic mass is 33.5. The molecule has 2 nitrogen and oxygen atoms in total. The van der Waals surface area contributed by atoms with Gasteiger partial charge in [-0.3, -0.25) is 0 Å². The molecule has 0 amide bonds. The third kappa shape index (κ3) is 7.78. The van der Waals surface area contributed by atoms with E-state index in [1.165, 1.54) is 9.75 Å². The Kier molecular flexibility index (Phi) is 11.0. The fourth-order valence-corrected chi connectivity index (χ4v) is 11.6. The molecule has 164 valence electrons. The van der Waals surface area contributed by atoms with Crippen molar-refractivity contribution in [3.8, 4) is 0 Å². The molecule has 0 aliphatic carbocycles. The molecule has 0 aliphatic heterocycles. The quantitative estimate of drug-likeness (QED) is 0.261. The minimum Gasteiger partial charge on any atom is -0.310 e. The van der Waals surface area contributed by atoms with Crippen LogP contribution < -0.4 is 10.6 Å². The lowest BCUT2D eigenvalue weighted by Crippen LogP contribution is -2.44. The van der Waals surface area contributed by atoms with Gasteiger partial charge >= 0.3 is 0 Å². The van der Waals surface area contributed by atoms with E-state index in [0.717, 1.165) is 25.9 Å². The van der Waals surface area contributed by atoms with E-state index >= 15 is 0 Å². The molecule has 2 unspecified atom stereocenters. The van der Waals surface area contributed by atoms with Crippen LogP contribution in [0.1, 0.15) is 74.6 Å². The van der Waals surface area contributed by atoms with Crippen LogP contribution in [-0.2, 0) is 0 Å². The third-order valence-electron chi connectivity index (χ3n) is 4.85. The second kappa shape index (κ2) is 12.4. The molecule has 2 N–H and O–H groups in total. The van der Waals surface area contributed by atoms with Gasteiger partial charge in [0.2, 0.25) is 0 Å². The van der Waals surface area contributed by atoms with E-state index in [2.05, 4.69) is 87.2 Å². The normalized spacial score (nSPS) is 14.8. The van der Waals surface area contributed by atoms with E-state index in [1.54, 1.807) is 0 Å². The topological polar surface area (TPSA) is 24.1 Å². The Labute approximate surface area is 197 Å². The molecule has 2 rings (SSSR count). The maximum Gasteiger partial charge on any atom is 0.0679 e. The summed E-state index contributed by atoms with van der Waals surface area (Å²) in [6.45, 7) is 15.9. The summed E-state index contributed by atoms with van der Waals surface area (Å²) >= 11 is 3.74. The number of hydrogen-bond donors (Lipinski definition) is 2. The summed E-state index contributed by atoms with van der Waals surface area (Å²) in [5, 5.41) is 12.8. The molecule has 0 bridgehead atoms. The fraction of sp³-hybridized carbons (Fsp3) is 0.636. The van der Waals surface area contributed by atoms with Crippen molar-refractivity contribution >= 4 is 54.1 Å². The summed E-state index contributed by atoms with van der Waals surface area (Å²) < 4.78 is 0. The van der Waals surface area contributed by atoms with E-state index in [-0.39, 0.29) is 11.1 Å². The van der Waals surface area contributed by atoms with Gasteiger partial charge in [-0.05, 0) is 86.3 Å². The van der Waals surface area contributed by atoms with Crippen molar-refractivity contribution < 1.29 is 0 Å². The molecule has 2 aromatic heterocycles. The fourth-order valence-electron chi connectivity index (χ4n) is 3.11. The maximum absolute atomic E-state index is 3.77. The van der Waals surface area contributed by atoms with Crippen molar-refractivity contribution in [1.29, 1.82) is 0 Å². The molecule has 0 saturated heterocycles. The van der Waals surface area contributed by atoms with Gasteiger partial charge in [-0.15, -0.1) is 22.7 Å². The van der Waals surface area contributed by atoms with Gasteiger partial charge in [-0.1, -0.05) is 47.6 Å². The highest BCUT2D eigenvalue weighted by Crippen LogP contribution is 2.56. The lowest BCUT2D eigenvalue weighted by molar-refractivity contribution is 0.384. The van der Waals surface area contributed by atoms with Crippen LogP contribution in [0.3, 0.4) is 0 Å². The maximum atomic E-state index is 3.77. The lowest BCUT2D eigenvalue weighted by atomic mass is 9.98. The van der Waals surface area contributed by atoms with Crippen LogP contribution in [-0.4, -0.2) is 24.2 Å². The number of nitrogens with one attached hydrogen (secondary N) is 2. The minimum atomic E-state index is 0.0491. The summed E-state index contributed by atoms with van der Waals surface area (Å²) in [4.78, 5) is 2.90. The lowest BCUT2D eigenvalue weighted by Gasteiger charge is -2.36. The number of rotatable bonds is 14. The predicted octanol–water partition coefficient (Wildman–Crippen LogP) is 8.18. The summed E-state index contributed by atoms with van der Waals surface area (Å²) in [7, 11) is 5.97. The summed E-state index contributed by atoms with van der Waals surface area (Å²) in [5.41, 5.74) is 0.0982. The highest BCUT2D eigenvalue weighted by molar-refractivity contribution is 9.09. The van der Waals surface area contributed by atoms with Crippen LogP contribution in [0.15, 0.2) is 35.0 Å². The van der Waals surface area contributed by atoms with Gasteiger partial charge in [-0.2, -0.15) is 0 Å². The van der Waals surface area contributed by atoms with Gasteiger partial charge < -0.3 is 10.6 Å². The van der Waals surface area contributed by atoms with Gasteiger partial charge in [0, 0.05) is 20.8 Å². The predicted molar refractivity (Wildman–Crippen MR) is 142 cm³/mol. The Morgan fingerprint density at radius 3 is 1.52 bits per heavy atom. The number of hydrogen-bond acceptors (Lipinski definition) is 7. The van der Waals surface area contributed by atoms with E-state index < -0.39 is 0 Å². The molecule has 0 aromatic carbocycles. The van der Waals surface area contributed by atoms with Crippen LogP contribution >= 0.6 is 54.1 Å². The Morgan fingerprint density at radius 2 is 1.21 bits per heavy atom. The largest absolute Gasteiger partial charge is 0.310 e. The molecule has 2 atom stereocenters. The average Bonchev–Trinajstić information content (AvgIpc) is 3.38. The SMILES string of the molecule is CCCNC(C)(C)C(SSSC(c1cccs1)C(C)(C)NCCC)c1cccs1. The van der Waals surface area contributed by atoms with Gasteiger partial charge in [0.15, 0.2) is 0 Å². The third-order valence-corrected chi connectivity index (χ3v) is 12.3. The molecule has 0 aliphatic rings. The van der Waals surface area contributed by atoms with Crippen molar-refractivity contribution in [3.05, 3.63) is 44.8 Å². The summed E-state index contributed by atoms with van der Waals surface area (Å²) in [6.07, 6.45) is 2.32. The van der Waals surface area contributed by atoms with E-state index in [4.69, 9.17) is 0 Å². The molecule has 0 fully saturated rings. The second-order valence-corrected chi connectivity index (χ2v) is 14.6. The van der Waals surface area contributed by atoms with E-state index in [0.29, 0.717) is 10.5 Å². The van der Waals surface area contributed by atoms with Crippen molar-refractivity contribution in [2.24, 2.45) is 0 Å². The zero-order chi connectivity index (χ0) is 21.3. The van der Waals surface area contributed by atoms with Crippen molar-refractivity contribution in [1.82, 2.24) is 10.6 Å². The standard InChI is InChI=1S/C22H36N2S5/c1-7-13-23-21(3,4)19(17-11-9-15-25-17)27-29-28-20(18-12-10-16-26-18)22(5,6)24-14-8-2/h9-12,15-16,19-20,23-24H,7-8,13-14H2,1-6H3. The van der Waals surface area contributed by atoms with Gasteiger partial charge in [0.25, 0.3) is 0 Å². The molecule has 0 radical (unpaired) electrons. The molecule has 0 spiro atoms. The van der Waals surface area contributed by atoms with Crippen molar-refractivity contribution in [2.75, 3.05) is 13.1 Å². The minimum absolute atomic E-state index is 0.0491. The van der Waals surface area contributed by atoms with Crippen LogP contribution in [0.5, 0.6) is 0 Å². The second-order valence-electron chi connectivity index (χ2n) is 8.35. The Bertz CT molecular complexity index is 609. The Morgan fingerprint density at radius 1 is 0.793 bits per heavy atom. The zero-order valence-electron chi connectivity index (χ0n) is 18.5. The molecule has 2 aromatic rings. The first kappa shape index (κ1) is 25.6. The van der Waals surface area contributed by atoms with E-state index in [9.17, 15) is 0 Å². The smallest absolute Gasteiger partial charge is 0.0679 e. The first-order chi connectivity index (χ1) is 13.8. The summed E-state index contributed by atoms with van der Waals surface area (Å²) in [5.74, 6) is 0. The molecular formula is C22H36N2S5. The Hall–Kier alpha value is 0.370.